The van der Waals surface area contributed by atoms with E-state index in [4.69, 9.17) is 10.00 Å². The second kappa shape index (κ2) is 8.25. The molecule has 3 heteroatoms. The van der Waals surface area contributed by atoms with Crippen LogP contribution < -0.4 is 0 Å². The molecule has 0 bridgehead atoms. The highest BCUT2D eigenvalue weighted by Gasteiger charge is 2.00. The zero-order valence-electron chi connectivity index (χ0n) is 7.62. The average Bonchev–Trinajstić information content (AvgIpc) is 2.10. The predicted molar refractivity (Wildman–Crippen MR) is 48.7 cm³/mol. The van der Waals surface area contributed by atoms with Gasteiger partial charge in [0.25, 0.3) is 0 Å². The lowest BCUT2D eigenvalue weighted by molar-refractivity contribution is 0.155. The monoisotopic (exact) mass is 168 g/mol. The molecule has 0 N–H and O–H groups in total. The maximum absolute atomic E-state index is 8.38. The van der Waals surface area contributed by atoms with Gasteiger partial charge in [-0.15, -0.1) is 6.58 Å². The Morgan fingerprint density at radius 2 is 2.33 bits per heavy atom. The lowest BCUT2D eigenvalue weighted by Crippen LogP contribution is -2.28. The number of nitriles is 1. The van der Waals surface area contributed by atoms with Crippen molar-refractivity contribution in [3.63, 3.8) is 0 Å². The summed E-state index contributed by atoms with van der Waals surface area (Å²) >= 11 is 0. The fourth-order valence-electron chi connectivity index (χ4n) is 0.905. The molecular formula is C9H16N2O. The van der Waals surface area contributed by atoms with E-state index in [0.717, 1.165) is 19.6 Å². The van der Waals surface area contributed by atoms with Gasteiger partial charge >= 0.3 is 0 Å². The first-order valence-corrected chi connectivity index (χ1v) is 4.04. The normalized spacial score (nSPS) is 9.75. The first-order valence-electron chi connectivity index (χ1n) is 4.04. The summed E-state index contributed by atoms with van der Waals surface area (Å²) in [4.78, 5) is 2.14. The Kier molecular flexibility index (Phi) is 7.66. The van der Waals surface area contributed by atoms with Crippen LogP contribution in [0.4, 0.5) is 0 Å². The van der Waals surface area contributed by atoms with Gasteiger partial charge in [-0.25, -0.2) is 0 Å². The van der Waals surface area contributed by atoms with E-state index in [1.54, 1.807) is 7.11 Å². The Hall–Kier alpha value is -0.850. The molecule has 0 fully saturated rings. The molecule has 0 saturated carbocycles. The van der Waals surface area contributed by atoms with Gasteiger partial charge in [0.05, 0.1) is 12.7 Å². The first kappa shape index (κ1) is 11.2. The molecule has 12 heavy (non-hydrogen) atoms. The van der Waals surface area contributed by atoms with Gasteiger partial charge in [-0.05, 0) is 0 Å². The Morgan fingerprint density at radius 1 is 1.58 bits per heavy atom. The third-order valence-corrected chi connectivity index (χ3v) is 1.54. The minimum atomic E-state index is 0.567. The number of ether oxygens (including phenoxy) is 1. The summed E-state index contributed by atoms with van der Waals surface area (Å²) < 4.78 is 4.94. The van der Waals surface area contributed by atoms with Crippen LogP contribution in [0.3, 0.4) is 0 Å². The van der Waals surface area contributed by atoms with E-state index < -0.39 is 0 Å². The smallest absolute Gasteiger partial charge is 0.0635 e. The van der Waals surface area contributed by atoms with Crippen LogP contribution in [0, 0.1) is 11.3 Å². The third kappa shape index (κ3) is 5.90. The van der Waals surface area contributed by atoms with E-state index in [1.165, 1.54) is 0 Å². The third-order valence-electron chi connectivity index (χ3n) is 1.54. The van der Waals surface area contributed by atoms with Gasteiger partial charge < -0.3 is 4.74 Å². The summed E-state index contributed by atoms with van der Waals surface area (Å²) in [5, 5.41) is 8.38. The summed E-state index contributed by atoms with van der Waals surface area (Å²) in [6, 6.07) is 2.12. The van der Waals surface area contributed by atoms with Crippen molar-refractivity contribution in [2.45, 2.75) is 6.42 Å². The molecule has 0 atom stereocenters. The van der Waals surface area contributed by atoms with Crippen LogP contribution in [0.5, 0.6) is 0 Å². The van der Waals surface area contributed by atoms with E-state index >= 15 is 0 Å². The van der Waals surface area contributed by atoms with Crippen LogP contribution in [0.1, 0.15) is 6.42 Å². The molecule has 68 valence electrons. The number of methoxy groups -OCH3 is 1. The standard InChI is InChI=1S/C9H16N2O/c1-3-6-11(7-4-5-10)8-9-12-2/h3H,1,4,6-9H2,2H3. The van der Waals surface area contributed by atoms with Crippen LogP contribution in [-0.2, 0) is 4.74 Å². The zero-order valence-corrected chi connectivity index (χ0v) is 7.62. The van der Waals surface area contributed by atoms with E-state index in [-0.39, 0.29) is 0 Å². The van der Waals surface area contributed by atoms with Gasteiger partial charge in [0.1, 0.15) is 0 Å². The van der Waals surface area contributed by atoms with Crippen LogP contribution in [0.2, 0.25) is 0 Å². The molecule has 0 amide bonds. The van der Waals surface area contributed by atoms with Crippen LogP contribution >= 0.6 is 0 Å². The van der Waals surface area contributed by atoms with Gasteiger partial charge in [0.2, 0.25) is 0 Å². The summed E-state index contributed by atoms with van der Waals surface area (Å²) in [6.07, 6.45) is 2.41. The van der Waals surface area contributed by atoms with Crippen molar-refractivity contribution in [1.82, 2.24) is 4.90 Å². The quantitative estimate of drug-likeness (QED) is 0.533. The molecule has 0 aliphatic rings. The second-order valence-corrected chi connectivity index (χ2v) is 2.49. The SMILES string of the molecule is C=CCN(CCC#N)CCOC. The zero-order chi connectivity index (χ0) is 9.23. The Balaban J connectivity index is 3.55. The molecule has 0 aliphatic carbocycles. The minimum Gasteiger partial charge on any atom is -0.383 e. The number of rotatable bonds is 7. The lowest BCUT2D eigenvalue weighted by Gasteiger charge is -2.17. The van der Waals surface area contributed by atoms with Crippen molar-refractivity contribution in [1.29, 1.82) is 5.26 Å². The van der Waals surface area contributed by atoms with Crippen LogP contribution in [-0.4, -0.2) is 38.3 Å². The van der Waals surface area contributed by atoms with Gasteiger partial charge in [0.15, 0.2) is 0 Å². The molecule has 0 saturated heterocycles. The van der Waals surface area contributed by atoms with E-state index in [0.29, 0.717) is 13.0 Å². The Labute approximate surface area is 74.2 Å². The van der Waals surface area contributed by atoms with E-state index in [1.807, 2.05) is 6.08 Å². The minimum absolute atomic E-state index is 0.567. The number of hydrogen-bond acceptors (Lipinski definition) is 3. The van der Waals surface area contributed by atoms with Crippen molar-refractivity contribution < 1.29 is 4.74 Å². The largest absolute Gasteiger partial charge is 0.383 e. The molecular weight excluding hydrogens is 152 g/mol. The van der Waals surface area contributed by atoms with Gasteiger partial charge in [-0.2, -0.15) is 5.26 Å². The van der Waals surface area contributed by atoms with Crippen molar-refractivity contribution in [2.75, 3.05) is 33.4 Å². The van der Waals surface area contributed by atoms with E-state index in [2.05, 4.69) is 17.5 Å². The highest BCUT2D eigenvalue weighted by molar-refractivity contribution is 4.77. The topological polar surface area (TPSA) is 36.3 Å². The van der Waals surface area contributed by atoms with Crippen LogP contribution in [0.25, 0.3) is 0 Å². The Morgan fingerprint density at radius 3 is 2.83 bits per heavy atom. The van der Waals surface area contributed by atoms with Crippen molar-refractivity contribution in [3.8, 4) is 6.07 Å². The van der Waals surface area contributed by atoms with Gasteiger partial charge in [-0.1, -0.05) is 6.08 Å². The van der Waals surface area contributed by atoms with Gasteiger partial charge in [0, 0.05) is 33.2 Å². The highest BCUT2D eigenvalue weighted by atomic mass is 16.5. The summed E-state index contributed by atoms with van der Waals surface area (Å²) in [5.74, 6) is 0. The first-order chi connectivity index (χ1) is 5.85. The Bertz CT molecular complexity index is 151. The molecule has 0 heterocycles. The lowest BCUT2D eigenvalue weighted by atomic mass is 10.4. The van der Waals surface area contributed by atoms with Crippen LogP contribution in [0.15, 0.2) is 12.7 Å². The molecule has 0 radical (unpaired) electrons. The number of nitrogens with zero attached hydrogens (tertiary/aromatic N) is 2. The second-order valence-electron chi connectivity index (χ2n) is 2.49. The number of hydrogen-bond donors (Lipinski definition) is 0. The molecule has 0 aliphatic heterocycles. The highest BCUT2D eigenvalue weighted by Crippen LogP contribution is 1.91. The average molecular weight is 168 g/mol. The summed E-state index contributed by atoms with van der Waals surface area (Å²) in [5.41, 5.74) is 0. The molecule has 0 aromatic heterocycles. The van der Waals surface area contributed by atoms with Crippen molar-refractivity contribution in [3.05, 3.63) is 12.7 Å². The maximum atomic E-state index is 8.38. The molecule has 3 nitrogen and oxygen atoms in total. The van der Waals surface area contributed by atoms with Crippen molar-refractivity contribution in [2.24, 2.45) is 0 Å². The fourth-order valence-corrected chi connectivity index (χ4v) is 0.905. The summed E-state index contributed by atoms with van der Waals surface area (Å²) in [6.45, 7) is 6.85. The molecule has 0 rings (SSSR count). The predicted octanol–water partition coefficient (Wildman–Crippen LogP) is 1.03. The molecule has 0 aromatic rings. The molecule has 0 unspecified atom stereocenters. The fraction of sp³-hybridized carbons (Fsp3) is 0.667. The van der Waals surface area contributed by atoms with Gasteiger partial charge in [-0.3, -0.25) is 4.90 Å². The molecule has 0 aromatic carbocycles. The summed E-state index contributed by atoms with van der Waals surface area (Å²) in [7, 11) is 1.68. The van der Waals surface area contributed by atoms with Crippen molar-refractivity contribution >= 4 is 0 Å². The van der Waals surface area contributed by atoms with E-state index in [9.17, 15) is 0 Å². The molecule has 0 spiro atoms. The maximum Gasteiger partial charge on any atom is 0.0635 e.